The summed E-state index contributed by atoms with van der Waals surface area (Å²) in [6, 6.07) is 10.7. The summed E-state index contributed by atoms with van der Waals surface area (Å²) in [7, 11) is 0. The molecule has 0 bridgehead atoms. The van der Waals surface area contributed by atoms with Gasteiger partial charge in [0.05, 0.1) is 10.9 Å². The van der Waals surface area contributed by atoms with Crippen LogP contribution in [0.1, 0.15) is 28.9 Å². The Labute approximate surface area is 151 Å². The summed E-state index contributed by atoms with van der Waals surface area (Å²) in [5.74, 6) is -0.163. The second-order valence-corrected chi connectivity index (χ2v) is 6.45. The van der Waals surface area contributed by atoms with Crippen LogP contribution in [0.2, 0.25) is 0 Å². The van der Waals surface area contributed by atoms with Gasteiger partial charge in [0.25, 0.3) is 5.91 Å². The van der Waals surface area contributed by atoms with Crippen molar-refractivity contribution in [3.05, 3.63) is 46.7 Å². The van der Waals surface area contributed by atoms with Crippen molar-refractivity contribution in [2.45, 2.75) is 25.3 Å². The van der Waals surface area contributed by atoms with Gasteiger partial charge in [0, 0.05) is 11.4 Å². The normalized spacial score (nSPS) is 16.8. The molecule has 0 radical (unpaired) electrons. The molecule has 2 heterocycles. The first-order valence-electron chi connectivity index (χ1n) is 7.71. The number of rotatable bonds is 4. The van der Waals surface area contributed by atoms with Gasteiger partial charge in [-0.2, -0.15) is 0 Å². The van der Waals surface area contributed by atoms with Crippen LogP contribution in [0.4, 0.5) is 11.4 Å². The van der Waals surface area contributed by atoms with Crippen LogP contribution in [-0.2, 0) is 4.79 Å². The molecule has 24 heavy (non-hydrogen) atoms. The fraction of sp³-hybridized carbons (Fsp3) is 0.294. The summed E-state index contributed by atoms with van der Waals surface area (Å²) in [6.45, 7) is 0.884. The predicted molar refractivity (Wildman–Crippen MR) is 100 cm³/mol. The quantitative estimate of drug-likeness (QED) is 0.776. The van der Waals surface area contributed by atoms with Crippen molar-refractivity contribution in [1.82, 2.24) is 5.32 Å². The molecule has 0 unspecified atom stereocenters. The first-order chi connectivity index (χ1) is 11.2. The monoisotopic (exact) mass is 365 g/mol. The summed E-state index contributed by atoms with van der Waals surface area (Å²) in [4.78, 5) is 24.9. The van der Waals surface area contributed by atoms with Crippen LogP contribution >= 0.6 is 23.7 Å². The van der Waals surface area contributed by atoms with E-state index in [0.717, 1.165) is 25.8 Å². The van der Waals surface area contributed by atoms with Gasteiger partial charge < -0.3 is 16.0 Å². The van der Waals surface area contributed by atoms with E-state index in [0.29, 0.717) is 16.3 Å². The van der Waals surface area contributed by atoms with Crippen molar-refractivity contribution in [3.8, 4) is 0 Å². The standard InChI is InChI=1S/C17H19N3O2S.ClH/c21-16(14-7-1-2-9-18-14)19-12-5-3-6-13(11-12)20-17(22)15-8-4-10-23-15;/h3-6,8,10-11,14,18H,1-2,7,9H2,(H,19,21)(H,20,22);1H/t14-;/m1./s1. The number of thiophene rings is 1. The van der Waals surface area contributed by atoms with Crippen molar-refractivity contribution >= 4 is 46.9 Å². The molecule has 3 rings (SSSR count). The van der Waals surface area contributed by atoms with Gasteiger partial charge in [-0.15, -0.1) is 23.7 Å². The van der Waals surface area contributed by atoms with Gasteiger partial charge in [-0.05, 0) is 49.0 Å². The summed E-state index contributed by atoms with van der Waals surface area (Å²) < 4.78 is 0. The van der Waals surface area contributed by atoms with Crippen LogP contribution < -0.4 is 16.0 Å². The largest absolute Gasteiger partial charge is 0.325 e. The van der Waals surface area contributed by atoms with Crippen molar-refractivity contribution in [2.75, 3.05) is 17.2 Å². The molecule has 0 aliphatic carbocycles. The molecule has 2 aromatic rings. The molecule has 1 aromatic carbocycles. The number of piperidine rings is 1. The number of carbonyl (C=O) groups is 2. The number of halogens is 1. The SMILES string of the molecule is Cl.O=C(Nc1cccc(NC(=O)[C@H]2CCCCN2)c1)c1cccs1. The fourth-order valence-corrected chi connectivity index (χ4v) is 3.20. The zero-order valence-corrected chi connectivity index (χ0v) is 14.7. The third-order valence-electron chi connectivity index (χ3n) is 3.76. The number of hydrogen-bond donors (Lipinski definition) is 3. The number of hydrogen-bond acceptors (Lipinski definition) is 4. The van der Waals surface area contributed by atoms with Crippen molar-refractivity contribution in [2.24, 2.45) is 0 Å². The third-order valence-corrected chi connectivity index (χ3v) is 4.63. The van der Waals surface area contributed by atoms with Crippen LogP contribution in [-0.4, -0.2) is 24.4 Å². The molecule has 2 amide bonds. The van der Waals surface area contributed by atoms with Crippen molar-refractivity contribution < 1.29 is 9.59 Å². The van der Waals surface area contributed by atoms with Crippen LogP contribution in [0.5, 0.6) is 0 Å². The lowest BCUT2D eigenvalue weighted by molar-refractivity contribution is -0.118. The molecular formula is C17H20ClN3O2S. The molecule has 1 atom stereocenters. The number of benzene rings is 1. The molecule has 3 N–H and O–H groups in total. The van der Waals surface area contributed by atoms with E-state index in [4.69, 9.17) is 0 Å². The van der Waals surface area contributed by atoms with Crippen molar-refractivity contribution in [3.63, 3.8) is 0 Å². The van der Waals surface area contributed by atoms with E-state index in [1.165, 1.54) is 11.3 Å². The first-order valence-corrected chi connectivity index (χ1v) is 8.59. The topological polar surface area (TPSA) is 70.2 Å². The molecular weight excluding hydrogens is 346 g/mol. The molecule has 1 aromatic heterocycles. The Morgan fingerprint density at radius 3 is 2.54 bits per heavy atom. The predicted octanol–water partition coefficient (Wildman–Crippen LogP) is 3.50. The molecule has 5 nitrogen and oxygen atoms in total. The molecule has 0 spiro atoms. The highest BCUT2D eigenvalue weighted by atomic mass is 35.5. The molecule has 0 saturated carbocycles. The summed E-state index contributed by atoms with van der Waals surface area (Å²) >= 11 is 1.39. The van der Waals surface area contributed by atoms with E-state index in [-0.39, 0.29) is 30.3 Å². The maximum absolute atomic E-state index is 12.2. The second-order valence-electron chi connectivity index (χ2n) is 5.50. The van der Waals surface area contributed by atoms with E-state index in [2.05, 4.69) is 16.0 Å². The first kappa shape index (κ1) is 18.4. The Kier molecular flexibility index (Phi) is 6.78. The second kappa shape index (κ2) is 8.82. The highest BCUT2D eigenvalue weighted by Gasteiger charge is 2.20. The maximum Gasteiger partial charge on any atom is 0.265 e. The number of amides is 2. The Balaban J connectivity index is 0.00000208. The van der Waals surface area contributed by atoms with Crippen LogP contribution in [0, 0.1) is 0 Å². The highest BCUT2D eigenvalue weighted by molar-refractivity contribution is 7.12. The van der Waals surface area contributed by atoms with Gasteiger partial charge in [0.1, 0.15) is 0 Å². The molecule has 1 aliphatic rings. The lowest BCUT2D eigenvalue weighted by Crippen LogP contribution is -2.43. The number of carbonyl (C=O) groups excluding carboxylic acids is 2. The van der Waals surface area contributed by atoms with Gasteiger partial charge in [0.15, 0.2) is 0 Å². The smallest absolute Gasteiger partial charge is 0.265 e. The van der Waals surface area contributed by atoms with E-state index in [1.807, 2.05) is 23.6 Å². The van der Waals surface area contributed by atoms with Crippen LogP contribution in [0.25, 0.3) is 0 Å². The fourth-order valence-electron chi connectivity index (χ4n) is 2.58. The lowest BCUT2D eigenvalue weighted by atomic mass is 10.0. The minimum atomic E-state index is -0.141. The molecule has 1 aliphatic heterocycles. The van der Waals surface area contributed by atoms with E-state index in [9.17, 15) is 9.59 Å². The molecule has 128 valence electrons. The minimum Gasteiger partial charge on any atom is -0.325 e. The molecule has 1 saturated heterocycles. The Hall–Kier alpha value is -1.89. The zero-order chi connectivity index (χ0) is 16.1. The number of anilines is 2. The van der Waals surface area contributed by atoms with E-state index in [1.54, 1.807) is 18.2 Å². The molecule has 1 fully saturated rings. The van der Waals surface area contributed by atoms with Gasteiger partial charge in [-0.25, -0.2) is 0 Å². The average Bonchev–Trinajstić information content (AvgIpc) is 3.10. The zero-order valence-electron chi connectivity index (χ0n) is 13.1. The summed E-state index contributed by atoms with van der Waals surface area (Å²) in [5, 5.41) is 10.8. The third kappa shape index (κ3) is 4.80. The van der Waals surface area contributed by atoms with Gasteiger partial charge >= 0.3 is 0 Å². The number of nitrogens with one attached hydrogen (secondary N) is 3. The van der Waals surface area contributed by atoms with Gasteiger partial charge in [-0.1, -0.05) is 18.6 Å². The maximum atomic E-state index is 12.2. The van der Waals surface area contributed by atoms with Crippen LogP contribution in [0.15, 0.2) is 41.8 Å². The van der Waals surface area contributed by atoms with Gasteiger partial charge in [0.2, 0.25) is 5.91 Å². The Morgan fingerprint density at radius 1 is 1.08 bits per heavy atom. The van der Waals surface area contributed by atoms with E-state index < -0.39 is 0 Å². The Bertz CT molecular complexity index is 685. The van der Waals surface area contributed by atoms with Crippen molar-refractivity contribution in [1.29, 1.82) is 0 Å². The Morgan fingerprint density at radius 2 is 1.88 bits per heavy atom. The highest BCUT2D eigenvalue weighted by Crippen LogP contribution is 2.18. The summed E-state index contributed by atoms with van der Waals surface area (Å²) in [6.07, 6.45) is 3.05. The van der Waals surface area contributed by atoms with Crippen LogP contribution in [0.3, 0.4) is 0 Å². The van der Waals surface area contributed by atoms with Gasteiger partial charge in [-0.3, -0.25) is 9.59 Å². The lowest BCUT2D eigenvalue weighted by Gasteiger charge is -2.22. The van der Waals surface area contributed by atoms with E-state index >= 15 is 0 Å². The minimum absolute atomic E-state index is 0. The summed E-state index contributed by atoms with van der Waals surface area (Å²) in [5.41, 5.74) is 1.35. The molecule has 7 heteroatoms. The average molecular weight is 366 g/mol.